The Morgan fingerprint density at radius 1 is 1.16 bits per heavy atom. The molecule has 0 saturated heterocycles. The average molecular weight is 461 g/mol. The number of carboxylic acids is 1. The van der Waals surface area contributed by atoms with Gasteiger partial charge in [0.2, 0.25) is 0 Å². The molecule has 7 nitrogen and oxygen atoms in total. The number of Topliss-reactive ketones (excluding diaryl/α,β-unsaturated/α-hetero) is 1. The van der Waals surface area contributed by atoms with Crippen molar-refractivity contribution < 1.29 is 64.7 Å². The maximum atomic E-state index is 13.3. The van der Waals surface area contributed by atoms with E-state index in [-0.39, 0.29) is 84.2 Å². The van der Waals surface area contributed by atoms with Gasteiger partial charge in [0, 0.05) is 24.7 Å². The fourth-order valence-corrected chi connectivity index (χ4v) is 8.45. The van der Waals surface area contributed by atoms with Gasteiger partial charge in [-0.25, -0.2) is 0 Å². The molecule has 4 rings (SSSR count). The summed E-state index contributed by atoms with van der Waals surface area (Å²) in [5.74, 6) is -4.00. The number of ketones is 1. The van der Waals surface area contributed by atoms with Gasteiger partial charge in [0.1, 0.15) is 6.10 Å². The van der Waals surface area contributed by atoms with Crippen LogP contribution in [0.4, 0.5) is 0 Å². The zero-order chi connectivity index (χ0) is 22.9. The molecule has 3 unspecified atom stereocenters. The summed E-state index contributed by atoms with van der Waals surface area (Å²) in [6, 6.07) is 0. The van der Waals surface area contributed by atoms with Crippen molar-refractivity contribution in [2.75, 3.05) is 0 Å². The molecule has 4 N–H and O–H groups in total. The van der Waals surface area contributed by atoms with Crippen molar-refractivity contribution in [2.24, 2.45) is 46.3 Å². The van der Waals surface area contributed by atoms with Crippen molar-refractivity contribution in [3.8, 4) is 0 Å². The number of aliphatic carboxylic acids is 1. The van der Waals surface area contributed by atoms with Crippen LogP contribution in [0.1, 0.15) is 72.1 Å². The van der Waals surface area contributed by atoms with Crippen LogP contribution in [-0.4, -0.2) is 50.2 Å². The SMILES string of the molecule is C[C@H](CCC(=O)[O-])[C@H]1CCC2C3C(C[C@H](O)[C@@]21C)[C@@]1(C)CCC(O)(O)C[C@H]1C(=O)[C@H]3O.[Na+]. The van der Waals surface area contributed by atoms with E-state index in [0.29, 0.717) is 19.3 Å². The Morgan fingerprint density at radius 3 is 2.44 bits per heavy atom. The zero-order valence-electron chi connectivity index (χ0n) is 19.8. The maximum absolute atomic E-state index is 13.3. The zero-order valence-corrected chi connectivity index (χ0v) is 21.8. The third kappa shape index (κ3) is 3.94. The van der Waals surface area contributed by atoms with Crippen molar-refractivity contribution in [2.45, 2.75) is 90.1 Å². The predicted octanol–water partition coefficient (Wildman–Crippen LogP) is -2.38. The second kappa shape index (κ2) is 8.89. The van der Waals surface area contributed by atoms with Crippen molar-refractivity contribution >= 4 is 11.8 Å². The molecule has 0 bridgehead atoms. The third-order valence-electron chi connectivity index (χ3n) is 10.2. The summed E-state index contributed by atoms with van der Waals surface area (Å²) in [5, 5.41) is 53.9. The van der Waals surface area contributed by atoms with Gasteiger partial charge in [-0.3, -0.25) is 4.79 Å². The minimum Gasteiger partial charge on any atom is -0.550 e. The number of fused-ring (bicyclic) bond motifs is 5. The Hall–Kier alpha value is -0.0200. The standard InChI is InChI=1S/C24H38O7.Na/c1-12(4-7-18(26)27)13-5-6-14-19-15(10-17(25)23(13,14)3)22(2)8-9-24(30,31)11-16(22)20(28)21(19)29;/h12-17,19,21,25,29-31H,4-11H2,1-3H3,(H,26,27);/q;+1/p-1/t12-,13-,14?,15?,16+,17+,19?,21+,22-,23-;/m1./s1. The van der Waals surface area contributed by atoms with Gasteiger partial charge in [-0.2, -0.15) is 0 Å². The Balaban J connectivity index is 0.00000289. The van der Waals surface area contributed by atoms with Crippen LogP contribution in [0, 0.1) is 46.3 Å². The topological polar surface area (TPSA) is 138 Å². The summed E-state index contributed by atoms with van der Waals surface area (Å²) in [7, 11) is 0. The second-order valence-corrected chi connectivity index (χ2v) is 11.6. The van der Waals surface area contributed by atoms with Crippen LogP contribution in [-0.2, 0) is 9.59 Å². The number of hydrogen-bond acceptors (Lipinski definition) is 7. The predicted molar refractivity (Wildman–Crippen MR) is 109 cm³/mol. The second-order valence-electron chi connectivity index (χ2n) is 11.6. The molecule has 0 heterocycles. The van der Waals surface area contributed by atoms with E-state index in [9.17, 15) is 35.1 Å². The Morgan fingerprint density at radius 2 is 1.81 bits per heavy atom. The number of hydrogen-bond donors (Lipinski definition) is 4. The molecule has 0 radical (unpaired) electrons. The van der Waals surface area contributed by atoms with Crippen LogP contribution < -0.4 is 34.7 Å². The van der Waals surface area contributed by atoms with Crippen molar-refractivity contribution in [3.05, 3.63) is 0 Å². The van der Waals surface area contributed by atoms with Crippen LogP contribution >= 0.6 is 0 Å². The minimum absolute atomic E-state index is 0. The molecule has 4 aliphatic rings. The van der Waals surface area contributed by atoms with E-state index in [1.54, 1.807) is 0 Å². The van der Waals surface area contributed by atoms with Crippen molar-refractivity contribution in [1.29, 1.82) is 0 Å². The van der Waals surface area contributed by atoms with E-state index in [1.807, 2.05) is 13.8 Å². The molecule has 4 saturated carbocycles. The molecule has 0 aromatic heterocycles. The summed E-state index contributed by atoms with van der Waals surface area (Å²) < 4.78 is 0. The summed E-state index contributed by atoms with van der Waals surface area (Å²) in [6.45, 7) is 6.12. The molecule has 0 spiro atoms. The first kappa shape index (κ1) is 26.6. The smallest absolute Gasteiger partial charge is 0.550 e. The number of carbonyl (C=O) groups excluding carboxylic acids is 2. The average Bonchev–Trinajstić information content (AvgIpc) is 3.05. The first-order valence-electron chi connectivity index (χ1n) is 11.9. The van der Waals surface area contributed by atoms with Gasteiger partial charge in [-0.1, -0.05) is 20.8 Å². The van der Waals surface area contributed by atoms with Gasteiger partial charge < -0.3 is 30.3 Å². The number of carbonyl (C=O) groups is 2. The Labute approximate surface area is 212 Å². The summed E-state index contributed by atoms with van der Waals surface area (Å²) in [5.41, 5.74) is -0.958. The van der Waals surface area contributed by atoms with Crippen LogP contribution in [0.2, 0.25) is 0 Å². The molecular formula is C24H37NaO7. The molecule has 176 valence electrons. The van der Waals surface area contributed by atoms with E-state index in [2.05, 4.69) is 6.92 Å². The van der Waals surface area contributed by atoms with E-state index in [1.165, 1.54) is 0 Å². The molecule has 0 aliphatic heterocycles. The number of aliphatic hydroxyl groups is 4. The maximum Gasteiger partial charge on any atom is 1.00 e. The van der Waals surface area contributed by atoms with Crippen LogP contribution in [0.5, 0.6) is 0 Å². The molecule has 0 amide bonds. The van der Waals surface area contributed by atoms with Gasteiger partial charge >= 0.3 is 29.6 Å². The summed E-state index contributed by atoms with van der Waals surface area (Å²) in [4.78, 5) is 24.2. The van der Waals surface area contributed by atoms with Gasteiger partial charge in [0.15, 0.2) is 11.6 Å². The number of carboxylic acid groups (broad SMARTS) is 1. The van der Waals surface area contributed by atoms with E-state index >= 15 is 0 Å². The van der Waals surface area contributed by atoms with Gasteiger partial charge in [0.25, 0.3) is 0 Å². The monoisotopic (exact) mass is 460 g/mol. The number of aliphatic hydroxyl groups excluding tert-OH is 2. The van der Waals surface area contributed by atoms with Gasteiger partial charge in [-0.05, 0) is 78.9 Å². The van der Waals surface area contributed by atoms with Crippen LogP contribution in [0.3, 0.4) is 0 Å². The third-order valence-corrected chi connectivity index (χ3v) is 10.2. The first-order chi connectivity index (χ1) is 14.3. The van der Waals surface area contributed by atoms with E-state index in [4.69, 9.17) is 0 Å². The normalized spacial score (nSPS) is 48.1. The molecule has 32 heavy (non-hydrogen) atoms. The molecule has 4 fully saturated rings. The summed E-state index contributed by atoms with van der Waals surface area (Å²) in [6.07, 6.45) is 1.43. The van der Waals surface area contributed by atoms with Gasteiger partial charge in [0.05, 0.1) is 6.10 Å². The minimum atomic E-state index is -1.89. The van der Waals surface area contributed by atoms with Crippen LogP contribution in [0.15, 0.2) is 0 Å². The quantitative estimate of drug-likeness (QED) is 0.271. The molecule has 4 aliphatic carbocycles. The summed E-state index contributed by atoms with van der Waals surface area (Å²) >= 11 is 0. The molecular weight excluding hydrogens is 423 g/mol. The molecule has 10 atom stereocenters. The largest absolute Gasteiger partial charge is 1.00 e. The fraction of sp³-hybridized carbons (Fsp3) is 0.917. The van der Waals surface area contributed by atoms with Crippen LogP contribution in [0.25, 0.3) is 0 Å². The van der Waals surface area contributed by atoms with Gasteiger partial charge in [-0.15, -0.1) is 0 Å². The molecule has 0 aromatic rings. The van der Waals surface area contributed by atoms with Crippen molar-refractivity contribution in [3.63, 3.8) is 0 Å². The molecule has 0 aromatic carbocycles. The number of rotatable bonds is 4. The molecule has 8 heteroatoms. The first-order valence-corrected chi connectivity index (χ1v) is 11.9. The Bertz CT molecular complexity index is 757. The van der Waals surface area contributed by atoms with E-state index < -0.39 is 40.7 Å². The fourth-order valence-electron chi connectivity index (χ4n) is 8.45. The van der Waals surface area contributed by atoms with Crippen molar-refractivity contribution in [1.82, 2.24) is 0 Å². The Kier molecular flexibility index (Phi) is 7.38. The van der Waals surface area contributed by atoms with E-state index in [0.717, 1.165) is 12.8 Å².